The Morgan fingerprint density at radius 2 is 0.800 bits per heavy atom. The van der Waals surface area contributed by atoms with Crippen LogP contribution < -0.4 is 0 Å². The second kappa shape index (κ2) is 32.7. The normalized spacial score (nSPS) is 12.9. The van der Waals surface area contributed by atoms with Gasteiger partial charge in [0.25, 0.3) is 0 Å². The van der Waals surface area contributed by atoms with Gasteiger partial charge in [0.05, 0.1) is 33.6 Å². The van der Waals surface area contributed by atoms with Crippen LogP contribution in [0.2, 0.25) is 0 Å². The maximum atomic E-state index is 13.1. The molecule has 1 atom stereocenters. The molecular formula is C42H80NO2+. The lowest BCUT2D eigenvalue weighted by Crippen LogP contribution is -2.42. The van der Waals surface area contributed by atoms with E-state index in [9.17, 15) is 9.59 Å². The summed E-state index contributed by atoms with van der Waals surface area (Å²) in [6.07, 6.45) is 44.3. The van der Waals surface area contributed by atoms with Gasteiger partial charge in [0.2, 0.25) is 0 Å². The number of nitrogens with zero attached hydrogens (tertiary/aromatic N) is 1. The fourth-order valence-corrected chi connectivity index (χ4v) is 6.29. The fraction of sp³-hybridized carbons (Fsp3) is 0.857. The predicted molar refractivity (Wildman–Crippen MR) is 200 cm³/mol. The van der Waals surface area contributed by atoms with Gasteiger partial charge in [-0.25, -0.2) is 0 Å². The van der Waals surface area contributed by atoms with E-state index in [0.29, 0.717) is 30.8 Å². The Bertz CT molecular complexity index is 717. The molecule has 0 saturated carbocycles. The second-order valence-electron chi connectivity index (χ2n) is 15.0. The molecule has 0 saturated heterocycles. The SMILES string of the molecule is CCCCCCCC/C=C/CCCCCCCC(=O)CC(C[N+](C)(C)C)C(=O)CCCCCCC/C=C/CCCCCCCC. The average Bonchev–Trinajstić information content (AvgIpc) is 3.00. The van der Waals surface area contributed by atoms with Crippen molar-refractivity contribution in [1.82, 2.24) is 0 Å². The van der Waals surface area contributed by atoms with Gasteiger partial charge in [-0.05, 0) is 64.2 Å². The van der Waals surface area contributed by atoms with Gasteiger partial charge in [-0.1, -0.05) is 141 Å². The van der Waals surface area contributed by atoms with E-state index in [1.54, 1.807) is 0 Å². The number of carbonyl (C=O) groups excluding carboxylic acids is 2. The Morgan fingerprint density at radius 1 is 0.467 bits per heavy atom. The summed E-state index contributed by atoms with van der Waals surface area (Å²) >= 11 is 0. The van der Waals surface area contributed by atoms with Crippen molar-refractivity contribution in [3.63, 3.8) is 0 Å². The third-order valence-corrected chi connectivity index (χ3v) is 9.10. The fourth-order valence-electron chi connectivity index (χ4n) is 6.29. The second-order valence-corrected chi connectivity index (χ2v) is 15.0. The summed E-state index contributed by atoms with van der Waals surface area (Å²) in [6, 6.07) is 0. The number of carbonyl (C=O) groups is 2. The third kappa shape index (κ3) is 33.9. The molecular weight excluding hydrogens is 550 g/mol. The molecule has 0 aliphatic rings. The minimum atomic E-state index is -0.114. The van der Waals surface area contributed by atoms with Crippen molar-refractivity contribution in [2.75, 3.05) is 27.7 Å². The van der Waals surface area contributed by atoms with Crippen molar-refractivity contribution in [2.45, 2.75) is 200 Å². The molecule has 0 aliphatic carbocycles. The Kier molecular flexibility index (Phi) is 31.8. The molecule has 0 aromatic carbocycles. The van der Waals surface area contributed by atoms with E-state index >= 15 is 0 Å². The van der Waals surface area contributed by atoms with Crippen molar-refractivity contribution >= 4 is 11.6 Å². The predicted octanol–water partition coefficient (Wildman–Crippen LogP) is 12.9. The first-order valence-corrected chi connectivity index (χ1v) is 19.9. The third-order valence-electron chi connectivity index (χ3n) is 9.10. The summed E-state index contributed by atoms with van der Waals surface area (Å²) in [5.74, 6) is 0.500. The zero-order chi connectivity index (χ0) is 33.3. The summed E-state index contributed by atoms with van der Waals surface area (Å²) in [5.41, 5.74) is 0. The van der Waals surface area contributed by atoms with E-state index in [2.05, 4.69) is 59.3 Å². The van der Waals surface area contributed by atoms with Crippen LogP contribution in [0.25, 0.3) is 0 Å². The van der Waals surface area contributed by atoms with Gasteiger partial charge < -0.3 is 4.48 Å². The van der Waals surface area contributed by atoms with Crippen molar-refractivity contribution in [1.29, 1.82) is 0 Å². The molecule has 0 amide bonds. The first-order valence-electron chi connectivity index (χ1n) is 19.9. The topological polar surface area (TPSA) is 34.1 Å². The lowest BCUT2D eigenvalue weighted by molar-refractivity contribution is -0.872. The Hall–Kier alpha value is -1.22. The van der Waals surface area contributed by atoms with E-state index in [-0.39, 0.29) is 5.92 Å². The number of quaternary nitrogens is 1. The molecule has 264 valence electrons. The van der Waals surface area contributed by atoms with Gasteiger partial charge in [0.1, 0.15) is 11.6 Å². The van der Waals surface area contributed by atoms with Gasteiger partial charge in [-0.3, -0.25) is 9.59 Å². The average molecular weight is 631 g/mol. The highest BCUT2D eigenvalue weighted by Gasteiger charge is 2.27. The summed E-state index contributed by atoms with van der Waals surface area (Å²) in [7, 11) is 6.41. The molecule has 1 unspecified atom stereocenters. The largest absolute Gasteiger partial charge is 0.330 e. The summed E-state index contributed by atoms with van der Waals surface area (Å²) < 4.78 is 0.740. The molecule has 0 radical (unpaired) electrons. The molecule has 0 rings (SSSR count). The van der Waals surface area contributed by atoms with Crippen molar-refractivity contribution in [3.8, 4) is 0 Å². The van der Waals surface area contributed by atoms with Gasteiger partial charge in [-0.2, -0.15) is 0 Å². The number of hydrogen-bond donors (Lipinski definition) is 0. The van der Waals surface area contributed by atoms with Gasteiger partial charge in [0.15, 0.2) is 0 Å². The highest BCUT2D eigenvalue weighted by Crippen LogP contribution is 2.18. The van der Waals surface area contributed by atoms with Crippen LogP contribution in [0.15, 0.2) is 24.3 Å². The van der Waals surface area contributed by atoms with Crippen LogP contribution in [0, 0.1) is 5.92 Å². The minimum Gasteiger partial charge on any atom is -0.330 e. The molecule has 0 bridgehead atoms. The molecule has 0 heterocycles. The van der Waals surface area contributed by atoms with Crippen LogP contribution in [0.4, 0.5) is 0 Å². The van der Waals surface area contributed by atoms with Crippen LogP contribution >= 0.6 is 0 Å². The molecule has 0 aromatic rings. The van der Waals surface area contributed by atoms with Crippen molar-refractivity contribution in [2.24, 2.45) is 5.92 Å². The summed E-state index contributed by atoms with van der Waals surface area (Å²) in [6.45, 7) is 5.31. The molecule has 0 fully saturated rings. The van der Waals surface area contributed by atoms with Crippen molar-refractivity contribution in [3.05, 3.63) is 24.3 Å². The number of Topliss-reactive ketones (excluding diaryl/α,β-unsaturated/α-hetero) is 2. The van der Waals surface area contributed by atoms with Crippen LogP contribution in [0.1, 0.15) is 200 Å². The number of rotatable bonds is 35. The molecule has 0 aromatic heterocycles. The Morgan fingerprint density at radius 3 is 1.18 bits per heavy atom. The van der Waals surface area contributed by atoms with Crippen LogP contribution in [0.3, 0.4) is 0 Å². The first kappa shape index (κ1) is 43.8. The van der Waals surface area contributed by atoms with Crippen LogP contribution in [-0.2, 0) is 9.59 Å². The highest BCUT2D eigenvalue weighted by molar-refractivity contribution is 5.88. The van der Waals surface area contributed by atoms with E-state index < -0.39 is 0 Å². The van der Waals surface area contributed by atoms with E-state index in [0.717, 1.165) is 36.7 Å². The Labute approximate surface area is 283 Å². The maximum Gasteiger partial charge on any atom is 0.142 e. The Balaban J connectivity index is 3.94. The minimum absolute atomic E-state index is 0.114. The summed E-state index contributed by atoms with van der Waals surface area (Å²) in [4.78, 5) is 25.9. The number of ketones is 2. The van der Waals surface area contributed by atoms with Crippen molar-refractivity contribution < 1.29 is 14.1 Å². The zero-order valence-corrected chi connectivity index (χ0v) is 31.4. The first-order chi connectivity index (χ1) is 21.8. The monoisotopic (exact) mass is 631 g/mol. The number of hydrogen-bond acceptors (Lipinski definition) is 2. The van der Waals surface area contributed by atoms with E-state index in [1.165, 1.54) is 141 Å². The zero-order valence-electron chi connectivity index (χ0n) is 31.4. The highest BCUT2D eigenvalue weighted by atomic mass is 16.1. The lowest BCUT2D eigenvalue weighted by atomic mass is 9.91. The number of unbranched alkanes of at least 4 members (excludes halogenated alkanes) is 22. The standard InChI is InChI=1S/C42H80NO2/c1-6-8-10-12-14-16-18-20-22-24-26-28-30-32-34-36-41(44)38-40(39-43(3,4)5)42(45)37-35-33-31-29-27-25-23-21-19-17-15-13-11-9-7-2/h20-23,40H,6-19,24-39H2,1-5H3/q+1/b22-20+,23-21+. The molecule has 0 spiro atoms. The molecule has 45 heavy (non-hydrogen) atoms. The van der Waals surface area contributed by atoms with E-state index in [1.807, 2.05) is 0 Å². The van der Waals surface area contributed by atoms with Gasteiger partial charge in [0, 0.05) is 19.3 Å². The summed E-state index contributed by atoms with van der Waals surface area (Å²) in [5, 5.41) is 0. The van der Waals surface area contributed by atoms with Crippen LogP contribution in [-0.4, -0.2) is 43.7 Å². The maximum absolute atomic E-state index is 13.1. The molecule has 0 aliphatic heterocycles. The van der Waals surface area contributed by atoms with Gasteiger partial charge in [-0.15, -0.1) is 0 Å². The van der Waals surface area contributed by atoms with E-state index in [4.69, 9.17) is 0 Å². The molecule has 3 heteroatoms. The quantitative estimate of drug-likeness (QED) is 0.0396. The number of allylic oxidation sites excluding steroid dienone is 4. The smallest absolute Gasteiger partial charge is 0.142 e. The molecule has 0 N–H and O–H groups in total. The van der Waals surface area contributed by atoms with Gasteiger partial charge >= 0.3 is 0 Å². The van der Waals surface area contributed by atoms with Crippen LogP contribution in [0.5, 0.6) is 0 Å². The lowest BCUT2D eigenvalue weighted by Gasteiger charge is -2.28. The molecule has 3 nitrogen and oxygen atoms in total.